The second-order valence-electron chi connectivity index (χ2n) is 7.31. The number of rotatable bonds is 6. The molecule has 0 saturated heterocycles. The number of nitrogens with one attached hydrogen (secondary N) is 2. The van der Waals surface area contributed by atoms with E-state index in [1.165, 1.54) is 5.56 Å². The van der Waals surface area contributed by atoms with Gasteiger partial charge in [0.15, 0.2) is 0 Å². The normalized spacial score (nSPS) is 11.8. The third-order valence-electron chi connectivity index (χ3n) is 5.27. The lowest BCUT2D eigenvalue weighted by atomic mass is 10.1. The lowest BCUT2D eigenvalue weighted by Gasteiger charge is -2.17. The van der Waals surface area contributed by atoms with Crippen molar-refractivity contribution in [1.82, 2.24) is 10.3 Å². The number of anilines is 2. The fourth-order valence-corrected chi connectivity index (χ4v) is 3.62. The van der Waals surface area contributed by atoms with E-state index < -0.39 is 0 Å². The molecule has 0 aliphatic heterocycles. The van der Waals surface area contributed by atoms with Crippen molar-refractivity contribution >= 4 is 28.3 Å². The van der Waals surface area contributed by atoms with Crippen LogP contribution in [-0.4, -0.2) is 10.9 Å². The summed E-state index contributed by atoms with van der Waals surface area (Å²) in [6.07, 6.45) is 0.915. The third kappa shape index (κ3) is 4.18. The van der Waals surface area contributed by atoms with Crippen LogP contribution in [0.15, 0.2) is 84.9 Å². The van der Waals surface area contributed by atoms with Crippen molar-refractivity contribution in [3.05, 3.63) is 102 Å². The number of para-hydroxylation sites is 2. The molecule has 4 rings (SSSR count). The van der Waals surface area contributed by atoms with Gasteiger partial charge in [-0.05, 0) is 42.7 Å². The van der Waals surface area contributed by atoms with Crippen LogP contribution in [0.2, 0.25) is 0 Å². The SMILES string of the molecule is CCc1ccccc1Nc1cc(C(=O)N[C@H](C)c2ccccc2)c2ccccc2n1. The molecule has 0 fully saturated rings. The fourth-order valence-electron chi connectivity index (χ4n) is 3.62. The number of amides is 1. The van der Waals surface area contributed by atoms with Crippen LogP contribution < -0.4 is 10.6 Å². The Morgan fingerprint density at radius 1 is 0.933 bits per heavy atom. The Kier molecular flexibility index (Phi) is 5.75. The standard InChI is InChI=1S/C26H25N3O/c1-3-19-11-7-9-15-23(19)28-25-17-22(21-14-8-10-16-24(21)29-25)26(30)27-18(2)20-12-5-4-6-13-20/h4-18H,3H2,1-2H3,(H,27,30)(H,28,29)/t18-/m1/s1. The topological polar surface area (TPSA) is 54.0 Å². The highest BCUT2D eigenvalue weighted by Gasteiger charge is 2.16. The Labute approximate surface area is 177 Å². The molecule has 0 radical (unpaired) electrons. The van der Waals surface area contributed by atoms with Gasteiger partial charge in [0.2, 0.25) is 0 Å². The molecule has 1 amide bonds. The molecule has 30 heavy (non-hydrogen) atoms. The summed E-state index contributed by atoms with van der Waals surface area (Å²) in [5.74, 6) is 0.545. The first-order valence-electron chi connectivity index (χ1n) is 10.3. The molecular weight excluding hydrogens is 370 g/mol. The molecular formula is C26H25N3O. The summed E-state index contributed by atoms with van der Waals surface area (Å²) in [6.45, 7) is 4.12. The predicted octanol–water partition coefficient (Wildman–Crippen LogP) is 6.03. The molecule has 1 aromatic heterocycles. The molecule has 0 saturated carbocycles. The minimum atomic E-state index is -0.114. The monoisotopic (exact) mass is 395 g/mol. The molecule has 0 bridgehead atoms. The van der Waals surface area contributed by atoms with Crippen LogP contribution in [-0.2, 0) is 6.42 Å². The van der Waals surface area contributed by atoms with Crippen molar-refractivity contribution in [2.24, 2.45) is 0 Å². The summed E-state index contributed by atoms with van der Waals surface area (Å²) < 4.78 is 0. The fraction of sp³-hybridized carbons (Fsp3) is 0.154. The zero-order valence-corrected chi connectivity index (χ0v) is 17.2. The second-order valence-corrected chi connectivity index (χ2v) is 7.31. The average molecular weight is 396 g/mol. The van der Waals surface area contributed by atoms with Crippen molar-refractivity contribution in [3.8, 4) is 0 Å². The van der Waals surface area contributed by atoms with E-state index in [9.17, 15) is 4.79 Å². The molecule has 150 valence electrons. The van der Waals surface area contributed by atoms with Gasteiger partial charge < -0.3 is 10.6 Å². The Morgan fingerprint density at radius 3 is 2.43 bits per heavy atom. The Balaban J connectivity index is 1.69. The Morgan fingerprint density at radius 2 is 1.63 bits per heavy atom. The number of hydrogen-bond acceptors (Lipinski definition) is 3. The summed E-state index contributed by atoms with van der Waals surface area (Å²) in [7, 11) is 0. The zero-order chi connectivity index (χ0) is 20.9. The number of carbonyl (C=O) groups is 1. The Hall–Kier alpha value is -3.66. The molecule has 1 atom stereocenters. The van der Waals surface area contributed by atoms with E-state index in [1.54, 1.807) is 0 Å². The highest BCUT2D eigenvalue weighted by atomic mass is 16.1. The maximum Gasteiger partial charge on any atom is 0.252 e. The Bertz CT molecular complexity index is 1170. The van der Waals surface area contributed by atoms with Gasteiger partial charge in [-0.3, -0.25) is 4.79 Å². The quantitative estimate of drug-likeness (QED) is 0.419. The number of fused-ring (bicyclic) bond motifs is 1. The summed E-state index contributed by atoms with van der Waals surface area (Å²) in [5, 5.41) is 7.37. The van der Waals surface area contributed by atoms with Gasteiger partial charge in [0.25, 0.3) is 5.91 Å². The first-order chi connectivity index (χ1) is 14.7. The van der Waals surface area contributed by atoms with E-state index in [2.05, 4.69) is 23.6 Å². The minimum absolute atomic E-state index is 0.0946. The molecule has 0 aliphatic rings. The van der Waals surface area contributed by atoms with E-state index >= 15 is 0 Å². The van der Waals surface area contributed by atoms with Gasteiger partial charge in [0, 0.05) is 11.1 Å². The van der Waals surface area contributed by atoms with E-state index in [0.29, 0.717) is 11.4 Å². The molecule has 1 heterocycles. The highest BCUT2D eigenvalue weighted by molar-refractivity contribution is 6.07. The van der Waals surface area contributed by atoms with E-state index in [0.717, 1.165) is 28.6 Å². The third-order valence-corrected chi connectivity index (χ3v) is 5.27. The summed E-state index contributed by atoms with van der Waals surface area (Å²) in [4.78, 5) is 17.9. The molecule has 4 heteroatoms. The molecule has 3 aromatic carbocycles. The van der Waals surface area contributed by atoms with Gasteiger partial charge in [-0.25, -0.2) is 4.98 Å². The second kappa shape index (κ2) is 8.78. The van der Waals surface area contributed by atoms with Gasteiger partial charge in [0.1, 0.15) is 5.82 Å². The molecule has 0 aliphatic carbocycles. The first kappa shape index (κ1) is 19.6. The van der Waals surface area contributed by atoms with Gasteiger partial charge in [-0.2, -0.15) is 0 Å². The molecule has 2 N–H and O–H groups in total. The average Bonchev–Trinajstić information content (AvgIpc) is 2.79. The number of nitrogens with zero attached hydrogens (tertiary/aromatic N) is 1. The minimum Gasteiger partial charge on any atom is -0.345 e. The van der Waals surface area contributed by atoms with Crippen molar-refractivity contribution in [2.45, 2.75) is 26.3 Å². The summed E-state index contributed by atoms with van der Waals surface area (Å²) >= 11 is 0. The van der Waals surface area contributed by atoms with Crippen molar-refractivity contribution < 1.29 is 4.79 Å². The number of aryl methyl sites for hydroxylation is 1. The number of pyridine rings is 1. The van der Waals surface area contributed by atoms with Crippen LogP contribution in [0.4, 0.5) is 11.5 Å². The van der Waals surface area contributed by atoms with Gasteiger partial charge in [0.05, 0.1) is 17.1 Å². The summed E-state index contributed by atoms with van der Waals surface area (Å²) in [5.41, 5.74) is 4.68. The number of benzene rings is 3. The van der Waals surface area contributed by atoms with Gasteiger partial charge >= 0.3 is 0 Å². The lowest BCUT2D eigenvalue weighted by molar-refractivity contribution is 0.0941. The zero-order valence-electron chi connectivity index (χ0n) is 17.2. The van der Waals surface area contributed by atoms with Crippen molar-refractivity contribution in [3.63, 3.8) is 0 Å². The van der Waals surface area contributed by atoms with Crippen molar-refractivity contribution in [1.29, 1.82) is 0 Å². The molecule has 4 aromatic rings. The number of carbonyl (C=O) groups excluding carboxylic acids is 1. The van der Waals surface area contributed by atoms with Gasteiger partial charge in [-0.15, -0.1) is 0 Å². The molecule has 4 nitrogen and oxygen atoms in total. The van der Waals surface area contributed by atoms with Crippen LogP contribution in [0.25, 0.3) is 10.9 Å². The largest absolute Gasteiger partial charge is 0.345 e. The highest BCUT2D eigenvalue weighted by Crippen LogP contribution is 2.26. The van der Waals surface area contributed by atoms with Crippen LogP contribution in [0.5, 0.6) is 0 Å². The maximum atomic E-state index is 13.2. The van der Waals surface area contributed by atoms with E-state index in [-0.39, 0.29) is 11.9 Å². The van der Waals surface area contributed by atoms with Crippen molar-refractivity contribution in [2.75, 3.05) is 5.32 Å². The first-order valence-corrected chi connectivity index (χ1v) is 10.3. The molecule has 0 spiro atoms. The van der Waals surface area contributed by atoms with Gasteiger partial charge in [-0.1, -0.05) is 73.7 Å². The predicted molar refractivity (Wildman–Crippen MR) is 123 cm³/mol. The smallest absolute Gasteiger partial charge is 0.252 e. The van der Waals surface area contributed by atoms with E-state index in [1.807, 2.05) is 85.8 Å². The number of aromatic nitrogens is 1. The van der Waals surface area contributed by atoms with Crippen LogP contribution in [0.3, 0.4) is 0 Å². The van der Waals surface area contributed by atoms with Crippen LogP contribution in [0.1, 0.15) is 41.4 Å². The number of hydrogen-bond donors (Lipinski definition) is 2. The molecule has 0 unspecified atom stereocenters. The van der Waals surface area contributed by atoms with E-state index in [4.69, 9.17) is 4.98 Å². The summed E-state index contributed by atoms with van der Waals surface area (Å²) in [6, 6.07) is 27.6. The van der Waals surface area contributed by atoms with Crippen LogP contribution >= 0.6 is 0 Å². The maximum absolute atomic E-state index is 13.2. The lowest BCUT2D eigenvalue weighted by Crippen LogP contribution is -2.27. The van der Waals surface area contributed by atoms with Crippen LogP contribution in [0, 0.1) is 0 Å².